The Hall–Kier alpha value is -1.23. The summed E-state index contributed by atoms with van der Waals surface area (Å²) in [6.07, 6.45) is 10.5. The Bertz CT molecular complexity index is 655. The summed E-state index contributed by atoms with van der Waals surface area (Å²) in [6.45, 7) is 26.2. The van der Waals surface area contributed by atoms with E-state index >= 15 is 0 Å². The van der Waals surface area contributed by atoms with Crippen molar-refractivity contribution >= 4 is 11.8 Å². The summed E-state index contributed by atoms with van der Waals surface area (Å²) in [7, 11) is 0. The number of hydrogen-bond acceptors (Lipinski definition) is 3. The fourth-order valence-electron chi connectivity index (χ4n) is 4.59. The summed E-state index contributed by atoms with van der Waals surface area (Å²) in [4.78, 5) is 25.4. The third-order valence-electron chi connectivity index (χ3n) is 8.19. The average molecular weight is 510 g/mol. The van der Waals surface area contributed by atoms with Crippen molar-refractivity contribution in [3.05, 3.63) is 6.42 Å². The lowest BCUT2D eigenvalue weighted by molar-refractivity contribution is -0.128. The molecular formula is C31H61N2O3+. The standard InChI is InChI=1S/C31H60N2O3/c1-13-16-17-18-26(23-30(11,14-2)24(4)32-25(5)34)27(35)33-29(9,10)19-20-31(12,15-3)36-22-21-28(6,7)8/h13,24,26H,14-23H2,1-12H3,(H-,32,33,34,35)/p+1. The lowest BCUT2D eigenvalue weighted by Gasteiger charge is -2.39. The Morgan fingerprint density at radius 3 is 2.03 bits per heavy atom. The van der Waals surface area contributed by atoms with Gasteiger partial charge in [0.15, 0.2) is 0 Å². The molecule has 0 heterocycles. The second-order valence-corrected chi connectivity index (χ2v) is 13.5. The molecule has 2 amide bonds. The summed E-state index contributed by atoms with van der Waals surface area (Å²) in [5.41, 5.74) is -0.383. The number of nitrogens with one attached hydrogen (secondary N) is 2. The molecule has 0 saturated heterocycles. The van der Waals surface area contributed by atoms with Gasteiger partial charge >= 0.3 is 0 Å². The lowest BCUT2D eigenvalue weighted by atomic mass is 9.72. The predicted molar refractivity (Wildman–Crippen MR) is 154 cm³/mol. The zero-order chi connectivity index (χ0) is 28.2. The number of hydrogen-bond donors (Lipinski definition) is 2. The number of carbonyl (C=O) groups excluding carboxylic acids is 2. The zero-order valence-electron chi connectivity index (χ0n) is 26.0. The minimum Gasteiger partial charge on any atom is -0.375 e. The Labute approximate surface area is 224 Å². The van der Waals surface area contributed by atoms with E-state index < -0.39 is 0 Å². The number of amides is 2. The molecule has 0 aromatic heterocycles. The minimum atomic E-state index is -0.318. The third kappa shape index (κ3) is 13.9. The lowest BCUT2D eigenvalue weighted by Crippen LogP contribution is -2.50. The molecule has 5 nitrogen and oxygen atoms in total. The van der Waals surface area contributed by atoms with Crippen LogP contribution in [0.15, 0.2) is 0 Å². The molecule has 0 aromatic rings. The van der Waals surface area contributed by atoms with Crippen molar-refractivity contribution in [1.82, 2.24) is 10.6 Å². The van der Waals surface area contributed by atoms with E-state index in [0.29, 0.717) is 0 Å². The van der Waals surface area contributed by atoms with Crippen LogP contribution < -0.4 is 10.6 Å². The van der Waals surface area contributed by atoms with Crippen LogP contribution in [-0.2, 0) is 14.3 Å². The molecule has 0 radical (unpaired) electrons. The van der Waals surface area contributed by atoms with Gasteiger partial charge in [0.1, 0.15) is 0 Å². The monoisotopic (exact) mass is 509 g/mol. The molecular weight excluding hydrogens is 448 g/mol. The molecule has 4 unspecified atom stereocenters. The van der Waals surface area contributed by atoms with Crippen molar-refractivity contribution in [1.29, 1.82) is 0 Å². The molecule has 5 heteroatoms. The first-order chi connectivity index (χ1) is 16.4. The Morgan fingerprint density at radius 2 is 1.56 bits per heavy atom. The molecule has 212 valence electrons. The summed E-state index contributed by atoms with van der Waals surface area (Å²) in [6, 6.07) is 0.0107. The summed E-state index contributed by atoms with van der Waals surface area (Å²) >= 11 is 0. The van der Waals surface area contributed by atoms with Crippen LogP contribution in [0, 0.1) is 23.2 Å². The van der Waals surface area contributed by atoms with Crippen LogP contribution in [0.2, 0.25) is 0 Å². The van der Waals surface area contributed by atoms with Crippen LogP contribution >= 0.6 is 0 Å². The summed E-state index contributed by atoms with van der Waals surface area (Å²) in [5.74, 6) is 0.0391. The van der Waals surface area contributed by atoms with E-state index in [9.17, 15) is 9.59 Å². The smallest absolute Gasteiger partial charge is 0.223 e. The molecule has 2 N–H and O–H groups in total. The van der Waals surface area contributed by atoms with Crippen LogP contribution in [0.4, 0.5) is 0 Å². The van der Waals surface area contributed by atoms with Crippen LogP contribution in [0.5, 0.6) is 0 Å². The maximum atomic E-state index is 13.6. The third-order valence-corrected chi connectivity index (χ3v) is 8.19. The first kappa shape index (κ1) is 34.8. The van der Waals surface area contributed by atoms with Gasteiger partial charge in [0.05, 0.1) is 25.4 Å². The number of unbranched alkanes of at least 4 members (excludes halogenated alkanes) is 2. The van der Waals surface area contributed by atoms with Crippen LogP contribution in [-0.4, -0.2) is 35.6 Å². The van der Waals surface area contributed by atoms with E-state index in [-0.39, 0.29) is 45.7 Å². The second kappa shape index (κ2) is 15.2. The van der Waals surface area contributed by atoms with E-state index in [4.69, 9.17) is 4.74 Å². The molecule has 0 aliphatic heterocycles. The van der Waals surface area contributed by atoms with E-state index in [0.717, 1.165) is 64.4 Å². The van der Waals surface area contributed by atoms with Gasteiger partial charge < -0.3 is 15.4 Å². The summed E-state index contributed by atoms with van der Waals surface area (Å²) in [5, 5.41) is 6.47. The van der Waals surface area contributed by atoms with Gasteiger partial charge in [-0.15, -0.1) is 0 Å². The van der Waals surface area contributed by atoms with Crippen LogP contribution in [0.1, 0.15) is 141 Å². The van der Waals surface area contributed by atoms with Gasteiger partial charge in [-0.3, -0.25) is 9.59 Å². The van der Waals surface area contributed by atoms with Gasteiger partial charge in [-0.2, -0.15) is 0 Å². The van der Waals surface area contributed by atoms with Crippen molar-refractivity contribution in [3.8, 4) is 0 Å². The van der Waals surface area contributed by atoms with Crippen molar-refractivity contribution in [2.24, 2.45) is 16.7 Å². The zero-order valence-corrected chi connectivity index (χ0v) is 26.0. The largest absolute Gasteiger partial charge is 0.375 e. The highest BCUT2D eigenvalue weighted by Gasteiger charge is 2.37. The average Bonchev–Trinajstić information content (AvgIpc) is 2.75. The van der Waals surface area contributed by atoms with Crippen molar-refractivity contribution in [2.45, 2.75) is 158 Å². The maximum absolute atomic E-state index is 13.6. The number of carbonyl (C=O) groups is 2. The fourth-order valence-corrected chi connectivity index (χ4v) is 4.59. The molecule has 36 heavy (non-hydrogen) atoms. The van der Waals surface area contributed by atoms with Crippen LogP contribution in [0.3, 0.4) is 0 Å². The van der Waals surface area contributed by atoms with Gasteiger partial charge in [0.2, 0.25) is 11.8 Å². The summed E-state index contributed by atoms with van der Waals surface area (Å²) < 4.78 is 6.36. The SMILES string of the molecule is C[CH+]CCCC(CC(C)(CC)C(C)NC(C)=O)C(=O)NC(C)(C)CCC(C)(CC)OCCC(C)(C)C. The van der Waals surface area contributed by atoms with E-state index in [2.05, 4.69) is 93.2 Å². The quantitative estimate of drug-likeness (QED) is 0.147. The second-order valence-electron chi connectivity index (χ2n) is 13.5. The fraction of sp³-hybridized carbons (Fsp3) is 0.903. The van der Waals surface area contributed by atoms with Crippen LogP contribution in [0.25, 0.3) is 0 Å². The van der Waals surface area contributed by atoms with Gasteiger partial charge in [0.25, 0.3) is 0 Å². The molecule has 0 rings (SSSR count). The first-order valence-corrected chi connectivity index (χ1v) is 14.4. The Balaban J connectivity index is 5.35. The molecule has 0 aliphatic carbocycles. The highest BCUT2D eigenvalue weighted by molar-refractivity contribution is 5.79. The molecule has 0 saturated carbocycles. The topological polar surface area (TPSA) is 67.4 Å². The van der Waals surface area contributed by atoms with Gasteiger partial charge in [-0.05, 0) is 89.9 Å². The highest BCUT2D eigenvalue weighted by Crippen LogP contribution is 2.36. The van der Waals surface area contributed by atoms with E-state index in [1.165, 1.54) is 0 Å². The highest BCUT2D eigenvalue weighted by atomic mass is 16.5. The van der Waals surface area contributed by atoms with Crippen molar-refractivity contribution in [3.63, 3.8) is 0 Å². The first-order valence-electron chi connectivity index (χ1n) is 14.4. The number of rotatable bonds is 18. The molecule has 0 aliphatic rings. The van der Waals surface area contributed by atoms with Gasteiger partial charge in [-0.25, -0.2) is 0 Å². The molecule has 0 spiro atoms. The normalized spacial score (nSPS) is 17.4. The van der Waals surface area contributed by atoms with E-state index in [1.807, 2.05) is 0 Å². The molecule has 0 fully saturated rings. The van der Waals surface area contributed by atoms with Gasteiger partial charge in [-0.1, -0.05) is 41.5 Å². The van der Waals surface area contributed by atoms with Crippen molar-refractivity contribution in [2.75, 3.05) is 6.61 Å². The predicted octanol–water partition coefficient (Wildman–Crippen LogP) is 7.62. The Morgan fingerprint density at radius 1 is 0.944 bits per heavy atom. The number of ether oxygens (including phenoxy) is 1. The molecule has 4 atom stereocenters. The Kier molecular flexibility index (Phi) is 14.7. The maximum Gasteiger partial charge on any atom is 0.223 e. The minimum absolute atomic E-state index is 0.0107. The molecule has 0 aromatic carbocycles. The van der Waals surface area contributed by atoms with Crippen molar-refractivity contribution < 1.29 is 14.3 Å². The molecule has 0 bridgehead atoms. The van der Waals surface area contributed by atoms with E-state index in [1.54, 1.807) is 6.92 Å². The van der Waals surface area contributed by atoms with Gasteiger partial charge in [0, 0.05) is 31.0 Å².